The molecule has 1 heterocycles. The normalized spacial score (nSPS) is 14.2. The Bertz CT molecular complexity index is 2210. The number of nitro groups is 1. The number of rotatable bonds is 17. The quantitative estimate of drug-likeness (QED) is 0.0395. The second kappa shape index (κ2) is 19.1. The number of Topliss-reactive ketones (excluding diaryl/α,β-unsaturated/α-hetero) is 1. The van der Waals surface area contributed by atoms with Crippen molar-refractivity contribution in [3.63, 3.8) is 0 Å². The molecule has 56 heavy (non-hydrogen) atoms. The van der Waals surface area contributed by atoms with Crippen LogP contribution in [-0.4, -0.2) is 87.2 Å². The van der Waals surface area contributed by atoms with Gasteiger partial charge in [0.25, 0.3) is 5.69 Å². The molecule has 5 aromatic rings. The number of halogens is 1. The van der Waals surface area contributed by atoms with Gasteiger partial charge >= 0.3 is 0 Å². The van der Waals surface area contributed by atoms with Crippen LogP contribution in [-0.2, 0) is 22.8 Å². The van der Waals surface area contributed by atoms with Gasteiger partial charge < -0.3 is 9.80 Å². The lowest BCUT2D eigenvalue weighted by atomic mass is 9.96. The molecular formula is C44H47ClN4O5S2. The second-order valence-corrected chi connectivity index (χ2v) is 18.0. The smallest absolute Gasteiger partial charge is 0.273 e. The molecule has 0 amide bonds. The average molecular weight is 811 g/mol. The number of sulfone groups is 1. The van der Waals surface area contributed by atoms with E-state index in [1.807, 2.05) is 80.8 Å². The van der Waals surface area contributed by atoms with Crippen molar-refractivity contribution in [3.05, 3.63) is 153 Å². The van der Waals surface area contributed by atoms with Gasteiger partial charge in [-0.15, -0.1) is 11.8 Å². The van der Waals surface area contributed by atoms with Gasteiger partial charge in [0.2, 0.25) is 0 Å². The fraction of sp³-hybridized carbons (Fsp3) is 0.295. The van der Waals surface area contributed by atoms with Crippen LogP contribution < -0.4 is 4.90 Å². The van der Waals surface area contributed by atoms with Gasteiger partial charge in [0.05, 0.1) is 9.82 Å². The SMILES string of the molecule is CN(C)CC[C@H](CSc1ccccc1)Cc1ccc(S(=O)(=O)CC(=O)c2ccc(N3CCN(Cc4ccccc4-c4ccc(Cl)cc4)CC3)cc2)cc1[N+](=O)[O-]. The molecule has 1 fully saturated rings. The molecule has 0 bridgehead atoms. The van der Waals surface area contributed by atoms with E-state index in [4.69, 9.17) is 11.6 Å². The van der Waals surface area contributed by atoms with Crippen molar-refractivity contribution in [1.82, 2.24) is 9.80 Å². The van der Waals surface area contributed by atoms with Gasteiger partial charge in [-0.3, -0.25) is 19.8 Å². The molecule has 0 aromatic heterocycles. The Morgan fingerprint density at radius 3 is 2.21 bits per heavy atom. The third-order valence-electron chi connectivity index (χ3n) is 10.1. The molecule has 0 N–H and O–H groups in total. The van der Waals surface area contributed by atoms with Crippen molar-refractivity contribution in [2.75, 3.05) is 63.2 Å². The predicted octanol–water partition coefficient (Wildman–Crippen LogP) is 8.80. The zero-order valence-electron chi connectivity index (χ0n) is 31.7. The van der Waals surface area contributed by atoms with E-state index in [0.29, 0.717) is 17.0 Å². The fourth-order valence-corrected chi connectivity index (χ4v) is 9.41. The van der Waals surface area contributed by atoms with Crippen LogP contribution in [0.3, 0.4) is 0 Å². The minimum absolute atomic E-state index is 0.125. The van der Waals surface area contributed by atoms with Crippen LogP contribution in [0.4, 0.5) is 11.4 Å². The molecule has 0 saturated carbocycles. The summed E-state index contributed by atoms with van der Waals surface area (Å²) in [5.74, 6) is -0.452. The van der Waals surface area contributed by atoms with E-state index in [2.05, 4.69) is 39.0 Å². The summed E-state index contributed by atoms with van der Waals surface area (Å²) in [4.78, 5) is 32.7. The molecule has 9 nitrogen and oxygen atoms in total. The number of piperazine rings is 1. The summed E-state index contributed by atoms with van der Waals surface area (Å²) in [6.45, 7) is 4.99. The van der Waals surface area contributed by atoms with Gasteiger partial charge in [-0.25, -0.2) is 8.42 Å². The van der Waals surface area contributed by atoms with Crippen LogP contribution in [0.1, 0.15) is 27.9 Å². The maximum atomic E-state index is 13.5. The first kappa shape index (κ1) is 41.1. The number of benzene rings is 5. The minimum Gasteiger partial charge on any atom is -0.369 e. The van der Waals surface area contributed by atoms with Crippen molar-refractivity contribution >= 4 is 50.4 Å². The van der Waals surface area contributed by atoms with E-state index >= 15 is 0 Å². The largest absolute Gasteiger partial charge is 0.369 e. The fourth-order valence-electron chi connectivity index (χ4n) is 6.98. The molecular weight excluding hydrogens is 764 g/mol. The number of nitrogens with zero attached hydrogens (tertiary/aromatic N) is 4. The molecule has 1 aliphatic heterocycles. The van der Waals surface area contributed by atoms with Gasteiger partial charge in [-0.05, 0) is 111 Å². The number of carbonyl (C=O) groups excluding carboxylic acids is 1. The van der Waals surface area contributed by atoms with Crippen LogP contribution in [0, 0.1) is 16.0 Å². The van der Waals surface area contributed by atoms with E-state index in [-0.39, 0.29) is 22.1 Å². The summed E-state index contributed by atoms with van der Waals surface area (Å²) in [6.07, 6.45) is 1.26. The van der Waals surface area contributed by atoms with Crippen molar-refractivity contribution in [2.24, 2.45) is 5.92 Å². The van der Waals surface area contributed by atoms with Crippen molar-refractivity contribution < 1.29 is 18.1 Å². The minimum atomic E-state index is -4.15. The Morgan fingerprint density at radius 2 is 1.54 bits per heavy atom. The zero-order valence-corrected chi connectivity index (χ0v) is 34.1. The van der Waals surface area contributed by atoms with Crippen LogP contribution in [0.15, 0.2) is 131 Å². The number of hydrogen-bond acceptors (Lipinski definition) is 9. The van der Waals surface area contributed by atoms with Gasteiger partial charge in [-0.2, -0.15) is 0 Å². The van der Waals surface area contributed by atoms with E-state index in [9.17, 15) is 23.3 Å². The Kier molecular flexibility index (Phi) is 14.0. The van der Waals surface area contributed by atoms with Crippen molar-refractivity contribution in [1.29, 1.82) is 0 Å². The highest BCUT2D eigenvalue weighted by molar-refractivity contribution is 7.99. The molecule has 1 atom stereocenters. The average Bonchev–Trinajstić information content (AvgIpc) is 3.20. The molecule has 0 unspecified atom stereocenters. The van der Waals surface area contributed by atoms with E-state index < -0.39 is 26.3 Å². The Hall–Kier alpha value is -4.52. The lowest BCUT2D eigenvalue weighted by Crippen LogP contribution is -2.46. The van der Waals surface area contributed by atoms with Crippen molar-refractivity contribution in [3.8, 4) is 11.1 Å². The molecule has 0 spiro atoms. The summed E-state index contributed by atoms with van der Waals surface area (Å²) >= 11 is 7.82. The number of carbonyl (C=O) groups is 1. The summed E-state index contributed by atoms with van der Waals surface area (Å²) in [6, 6.07) is 37.4. The van der Waals surface area contributed by atoms with E-state index in [1.54, 1.807) is 23.9 Å². The Labute approximate surface area is 339 Å². The van der Waals surface area contributed by atoms with Gasteiger partial charge in [-0.1, -0.05) is 72.3 Å². The molecule has 1 saturated heterocycles. The monoisotopic (exact) mass is 810 g/mol. The Morgan fingerprint density at radius 1 is 0.857 bits per heavy atom. The lowest BCUT2D eigenvalue weighted by Gasteiger charge is -2.36. The molecule has 1 aliphatic rings. The number of ketones is 1. The summed E-state index contributed by atoms with van der Waals surface area (Å²) < 4.78 is 27.0. The van der Waals surface area contributed by atoms with E-state index in [1.165, 1.54) is 23.3 Å². The molecule has 12 heteroatoms. The summed E-state index contributed by atoms with van der Waals surface area (Å²) in [7, 11) is -0.162. The van der Waals surface area contributed by atoms with Gasteiger partial charge in [0.1, 0.15) is 5.75 Å². The van der Waals surface area contributed by atoms with Crippen LogP contribution in [0.2, 0.25) is 5.02 Å². The first-order valence-corrected chi connectivity index (χ1v) is 21.7. The lowest BCUT2D eigenvalue weighted by molar-refractivity contribution is -0.385. The summed E-state index contributed by atoms with van der Waals surface area (Å²) in [5.41, 5.74) is 5.06. The van der Waals surface area contributed by atoms with Crippen LogP contribution in [0.5, 0.6) is 0 Å². The van der Waals surface area contributed by atoms with Gasteiger partial charge in [0.15, 0.2) is 15.6 Å². The molecule has 0 radical (unpaired) electrons. The highest BCUT2D eigenvalue weighted by atomic mass is 35.5. The molecule has 0 aliphatic carbocycles. The molecule has 5 aromatic carbocycles. The number of thioether (sulfide) groups is 1. The number of hydrogen-bond donors (Lipinski definition) is 0. The third-order valence-corrected chi connectivity index (χ3v) is 13.3. The van der Waals surface area contributed by atoms with E-state index in [0.717, 1.165) is 73.7 Å². The van der Waals surface area contributed by atoms with Crippen molar-refractivity contribution in [2.45, 2.75) is 29.2 Å². The standard InChI is InChI=1S/C44H47ClN4O5S2/c1-46(2)23-22-33(31-55-40-9-4-3-5-10-40)28-36-16-21-41(29-43(36)49(51)52)56(53,54)32-44(50)35-14-19-39(20-15-35)48-26-24-47(25-27-48)30-37-8-6-7-11-42(37)34-12-17-38(45)18-13-34/h3-21,29,33H,22-28,30-32H2,1-2H3/t33-/m0/s1. The number of nitro benzene ring substituents is 1. The molecule has 6 rings (SSSR count). The third kappa shape index (κ3) is 11.1. The first-order chi connectivity index (χ1) is 26.9. The number of anilines is 1. The molecule has 292 valence electrons. The highest BCUT2D eigenvalue weighted by Gasteiger charge is 2.26. The van der Waals surface area contributed by atoms with Crippen LogP contribution >= 0.6 is 23.4 Å². The zero-order chi connectivity index (χ0) is 39.7. The predicted molar refractivity (Wildman–Crippen MR) is 228 cm³/mol. The highest BCUT2D eigenvalue weighted by Crippen LogP contribution is 2.31. The maximum Gasteiger partial charge on any atom is 0.273 e. The Balaban J connectivity index is 1.06. The second-order valence-electron chi connectivity index (χ2n) is 14.5. The van der Waals surface area contributed by atoms with Gasteiger partial charge in [0, 0.05) is 71.3 Å². The van der Waals surface area contributed by atoms with Crippen LogP contribution in [0.25, 0.3) is 11.1 Å². The topological polar surface area (TPSA) is 104 Å². The summed E-state index contributed by atoms with van der Waals surface area (Å²) in [5, 5.41) is 12.9. The first-order valence-electron chi connectivity index (χ1n) is 18.7. The maximum absolute atomic E-state index is 13.5.